The van der Waals surface area contributed by atoms with Crippen LogP contribution in [0.2, 0.25) is 15.1 Å². The predicted molar refractivity (Wildman–Crippen MR) is 159 cm³/mol. The predicted octanol–water partition coefficient (Wildman–Crippen LogP) is 7.58. The number of amides is 2. The molecule has 38 heavy (non-hydrogen) atoms. The van der Waals surface area contributed by atoms with Crippen LogP contribution in [0.5, 0.6) is 0 Å². The van der Waals surface area contributed by atoms with Gasteiger partial charge >= 0.3 is 0 Å². The van der Waals surface area contributed by atoms with Crippen LogP contribution >= 0.6 is 46.6 Å². The van der Waals surface area contributed by atoms with E-state index in [0.29, 0.717) is 33.8 Å². The second kappa shape index (κ2) is 14.3. The van der Waals surface area contributed by atoms with E-state index in [1.54, 1.807) is 17.0 Å². The maximum atomic E-state index is 13.8. The second-order valence-electron chi connectivity index (χ2n) is 9.59. The summed E-state index contributed by atoms with van der Waals surface area (Å²) >= 11 is 20.0. The molecule has 0 spiro atoms. The summed E-state index contributed by atoms with van der Waals surface area (Å²) < 4.78 is 0. The lowest BCUT2D eigenvalue weighted by Gasteiger charge is -2.32. The Morgan fingerprint density at radius 3 is 2.32 bits per heavy atom. The Balaban J connectivity index is 1.56. The number of thioether (sulfide) groups is 1. The van der Waals surface area contributed by atoms with Crippen molar-refractivity contribution in [1.82, 2.24) is 10.2 Å². The molecule has 1 aliphatic rings. The van der Waals surface area contributed by atoms with Crippen LogP contribution in [-0.2, 0) is 28.3 Å². The third-order valence-corrected chi connectivity index (χ3v) is 8.66. The molecule has 1 fully saturated rings. The molecule has 0 aromatic heterocycles. The molecule has 0 unspecified atom stereocenters. The van der Waals surface area contributed by atoms with Crippen molar-refractivity contribution in [2.24, 2.45) is 0 Å². The van der Waals surface area contributed by atoms with E-state index in [0.717, 1.165) is 42.4 Å². The molecule has 1 atom stereocenters. The number of nitrogens with zero attached hydrogens (tertiary/aromatic N) is 1. The number of benzene rings is 3. The van der Waals surface area contributed by atoms with Gasteiger partial charge in [0, 0.05) is 29.8 Å². The van der Waals surface area contributed by atoms with E-state index in [9.17, 15) is 9.59 Å². The molecule has 1 N–H and O–H groups in total. The topological polar surface area (TPSA) is 49.4 Å². The van der Waals surface area contributed by atoms with E-state index in [1.807, 2.05) is 60.7 Å². The number of nitrogens with one attached hydrogen (secondary N) is 1. The van der Waals surface area contributed by atoms with Gasteiger partial charge in [-0.1, -0.05) is 96.2 Å². The quantitative estimate of drug-likeness (QED) is 0.251. The largest absolute Gasteiger partial charge is 0.352 e. The molecule has 1 saturated carbocycles. The smallest absolute Gasteiger partial charge is 0.243 e. The summed E-state index contributed by atoms with van der Waals surface area (Å²) in [5.41, 5.74) is 2.87. The number of hydrogen-bond donors (Lipinski definition) is 1. The summed E-state index contributed by atoms with van der Waals surface area (Å²) in [4.78, 5) is 29.2. The molecule has 1 aliphatic carbocycles. The minimum atomic E-state index is -0.643. The highest BCUT2D eigenvalue weighted by Gasteiger charge is 2.32. The summed E-state index contributed by atoms with van der Waals surface area (Å²) in [6.45, 7) is 0.294. The number of hydrogen-bond acceptors (Lipinski definition) is 3. The van der Waals surface area contributed by atoms with Gasteiger partial charge in [-0.3, -0.25) is 9.59 Å². The number of carbonyl (C=O) groups excluding carboxylic acids is 2. The van der Waals surface area contributed by atoms with Crippen LogP contribution < -0.4 is 5.32 Å². The van der Waals surface area contributed by atoms with E-state index in [4.69, 9.17) is 34.8 Å². The lowest BCUT2D eigenvalue weighted by Crippen LogP contribution is -2.52. The Hall–Kier alpha value is -2.18. The molecule has 0 saturated heterocycles. The van der Waals surface area contributed by atoms with Gasteiger partial charge in [0.15, 0.2) is 0 Å². The lowest BCUT2D eigenvalue weighted by molar-refractivity contribution is -0.139. The first kappa shape index (κ1) is 28.8. The van der Waals surface area contributed by atoms with Crippen LogP contribution in [0.15, 0.2) is 72.8 Å². The second-order valence-corrected chi connectivity index (χ2v) is 11.8. The van der Waals surface area contributed by atoms with Crippen molar-refractivity contribution in [3.63, 3.8) is 0 Å². The lowest BCUT2D eigenvalue weighted by atomic mass is 10.0. The monoisotopic (exact) mass is 588 g/mol. The van der Waals surface area contributed by atoms with Crippen molar-refractivity contribution in [2.45, 2.75) is 56.5 Å². The van der Waals surface area contributed by atoms with Gasteiger partial charge < -0.3 is 10.2 Å². The van der Waals surface area contributed by atoms with Crippen molar-refractivity contribution < 1.29 is 9.59 Å². The van der Waals surface area contributed by atoms with Crippen LogP contribution in [0.4, 0.5) is 0 Å². The Kier molecular flexibility index (Phi) is 10.8. The SMILES string of the molecule is O=C(NC1CCCC1)[C@@H](Cc1ccccc1)N(Cc1cccc(Cl)c1)C(=O)CSCc1ccc(Cl)c(Cl)c1. The number of rotatable bonds is 11. The van der Waals surface area contributed by atoms with E-state index in [2.05, 4.69) is 5.32 Å². The van der Waals surface area contributed by atoms with E-state index < -0.39 is 6.04 Å². The molecular weight excluding hydrogens is 559 g/mol. The number of carbonyl (C=O) groups is 2. The third-order valence-electron chi connectivity index (χ3n) is 6.69. The highest BCUT2D eigenvalue weighted by molar-refractivity contribution is 7.99. The van der Waals surface area contributed by atoms with Gasteiger partial charge in [-0.2, -0.15) is 0 Å². The molecule has 200 valence electrons. The molecule has 0 aliphatic heterocycles. The molecule has 3 aromatic carbocycles. The molecule has 0 radical (unpaired) electrons. The standard InChI is InChI=1S/C30H31Cl3N2O2S/c31-24-10-6-9-22(15-24)18-35(29(36)20-38-19-23-13-14-26(32)27(33)16-23)28(17-21-7-2-1-3-8-21)30(37)34-25-11-4-5-12-25/h1-3,6-10,13-16,25,28H,4-5,11-12,17-20H2,(H,34,37)/t28-/m1/s1. The van der Waals surface area contributed by atoms with Gasteiger partial charge in [0.25, 0.3) is 0 Å². The van der Waals surface area contributed by atoms with Crippen LogP contribution in [0, 0.1) is 0 Å². The normalized spacial score (nSPS) is 14.3. The van der Waals surface area contributed by atoms with Crippen LogP contribution in [-0.4, -0.2) is 34.6 Å². The maximum Gasteiger partial charge on any atom is 0.243 e. The molecule has 2 amide bonds. The molecule has 8 heteroatoms. The van der Waals surface area contributed by atoms with Gasteiger partial charge in [-0.25, -0.2) is 0 Å². The summed E-state index contributed by atoms with van der Waals surface area (Å²) in [7, 11) is 0. The average Bonchev–Trinajstić information content (AvgIpc) is 3.42. The average molecular weight is 590 g/mol. The van der Waals surface area contributed by atoms with Gasteiger partial charge in [0.2, 0.25) is 11.8 Å². The van der Waals surface area contributed by atoms with Crippen LogP contribution in [0.1, 0.15) is 42.4 Å². The molecular formula is C30H31Cl3N2O2S. The van der Waals surface area contributed by atoms with Crippen molar-refractivity contribution in [1.29, 1.82) is 0 Å². The summed E-state index contributed by atoms with van der Waals surface area (Å²) in [5.74, 6) is 0.622. The summed E-state index contributed by atoms with van der Waals surface area (Å²) in [6.07, 6.45) is 4.62. The van der Waals surface area contributed by atoms with Crippen LogP contribution in [0.3, 0.4) is 0 Å². The van der Waals surface area contributed by atoms with E-state index >= 15 is 0 Å². The first-order valence-electron chi connectivity index (χ1n) is 12.8. The number of halogens is 3. The third kappa shape index (κ3) is 8.41. The first-order valence-corrected chi connectivity index (χ1v) is 15.1. The minimum absolute atomic E-state index is 0.0995. The fourth-order valence-corrected chi connectivity index (χ4v) is 6.11. The molecule has 0 bridgehead atoms. The van der Waals surface area contributed by atoms with Gasteiger partial charge in [-0.05, 0) is 53.8 Å². The Morgan fingerprint density at radius 2 is 1.61 bits per heavy atom. The van der Waals surface area contributed by atoms with E-state index in [-0.39, 0.29) is 23.6 Å². The van der Waals surface area contributed by atoms with Crippen molar-refractivity contribution in [3.05, 3.63) is 105 Å². The highest BCUT2D eigenvalue weighted by atomic mass is 35.5. The zero-order valence-electron chi connectivity index (χ0n) is 21.0. The van der Waals surface area contributed by atoms with Gasteiger partial charge in [0.05, 0.1) is 15.8 Å². The summed E-state index contributed by atoms with van der Waals surface area (Å²) in [5, 5.41) is 4.82. The Labute approximate surface area is 244 Å². The summed E-state index contributed by atoms with van der Waals surface area (Å²) in [6, 6.07) is 22.3. The van der Waals surface area contributed by atoms with Crippen molar-refractivity contribution in [3.8, 4) is 0 Å². The van der Waals surface area contributed by atoms with Crippen LogP contribution in [0.25, 0.3) is 0 Å². The van der Waals surface area contributed by atoms with Crippen molar-refractivity contribution >= 4 is 58.4 Å². The highest BCUT2D eigenvalue weighted by Crippen LogP contribution is 2.26. The molecule has 0 heterocycles. The minimum Gasteiger partial charge on any atom is -0.352 e. The maximum absolute atomic E-state index is 13.8. The molecule has 4 nitrogen and oxygen atoms in total. The van der Waals surface area contributed by atoms with Gasteiger partial charge in [-0.15, -0.1) is 11.8 Å². The van der Waals surface area contributed by atoms with E-state index in [1.165, 1.54) is 11.8 Å². The molecule has 3 aromatic rings. The van der Waals surface area contributed by atoms with Gasteiger partial charge in [0.1, 0.15) is 6.04 Å². The molecule has 4 rings (SSSR count). The zero-order chi connectivity index (χ0) is 26.9. The fraction of sp³-hybridized carbons (Fsp3) is 0.333. The zero-order valence-corrected chi connectivity index (χ0v) is 24.1. The Bertz CT molecular complexity index is 1240. The first-order chi connectivity index (χ1) is 18.4. The fourth-order valence-electron chi connectivity index (χ4n) is 4.72. The van der Waals surface area contributed by atoms with Crippen molar-refractivity contribution in [2.75, 3.05) is 5.75 Å². The Morgan fingerprint density at radius 1 is 0.868 bits per heavy atom.